The number of hydrogen-bond donors (Lipinski definition) is 2. The van der Waals surface area contributed by atoms with Crippen LogP contribution in [0, 0.1) is 0 Å². The average molecular weight is 409 g/mol. The summed E-state index contributed by atoms with van der Waals surface area (Å²) in [6, 6.07) is 16.1. The third-order valence-corrected chi connectivity index (χ3v) is 4.74. The number of nitrogens with zero attached hydrogens (tertiary/aromatic N) is 3. The fraction of sp³-hybridized carbons (Fsp3) is 0.0952. The van der Waals surface area contributed by atoms with E-state index in [1.54, 1.807) is 36.5 Å². The monoisotopic (exact) mass is 408 g/mol. The maximum atomic E-state index is 13.0. The van der Waals surface area contributed by atoms with E-state index < -0.39 is 0 Å². The number of pyridine rings is 1. The lowest BCUT2D eigenvalue weighted by Crippen LogP contribution is -2.27. The zero-order valence-corrected chi connectivity index (χ0v) is 16.2. The average Bonchev–Trinajstić information content (AvgIpc) is 2.74. The van der Waals surface area contributed by atoms with Crippen molar-refractivity contribution in [2.75, 3.05) is 12.4 Å². The normalized spacial score (nSPS) is 10.9. The molecule has 8 heteroatoms. The number of halogens is 1. The molecule has 2 heterocycles. The van der Waals surface area contributed by atoms with Gasteiger partial charge in [-0.15, -0.1) is 4.73 Å². The molecule has 2 aromatic carbocycles. The standard InChI is InChI=1S/C21H17ClN4O3/c1-29-26-19-14(10-17(20(26)28)16-7-2-3-8-18(16)22)11-23-21(25-19)24-15-6-4-5-13(9-15)12-27/h2-11,27H,12H2,1H3,(H,23,24,25). The molecular formula is C21H17ClN4O3. The van der Waals surface area contributed by atoms with Gasteiger partial charge >= 0.3 is 0 Å². The SMILES string of the molecule is COn1c(=O)c(-c2ccccc2Cl)cc2cnc(Nc3cccc(CO)c3)nc21. The number of anilines is 2. The largest absolute Gasteiger partial charge is 0.412 e. The number of aliphatic hydroxyl groups excluding tert-OH is 1. The highest BCUT2D eigenvalue weighted by Crippen LogP contribution is 2.27. The zero-order chi connectivity index (χ0) is 20.4. The minimum Gasteiger partial charge on any atom is -0.412 e. The first kappa shape index (κ1) is 18.9. The first-order valence-electron chi connectivity index (χ1n) is 8.79. The Balaban J connectivity index is 1.82. The lowest BCUT2D eigenvalue weighted by atomic mass is 10.1. The Morgan fingerprint density at radius 1 is 1.14 bits per heavy atom. The number of aliphatic hydroxyl groups is 1. The van der Waals surface area contributed by atoms with E-state index in [1.807, 2.05) is 24.3 Å². The van der Waals surface area contributed by atoms with Crippen molar-refractivity contribution in [3.63, 3.8) is 0 Å². The van der Waals surface area contributed by atoms with Gasteiger partial charge in [0.1, 0.15) is 7.11 Å². The van der Waals surface area contributed by atoms with Crippen LogP contribution in [-0.4, -0.2) is 26.9 Å². The Morgan fingerprint density at radius 3 is 2.72 bits per heavy atom. The summed E-state index contributed by atoms with van der Waals surface area (Å²) in [5.74, 6) is 0.295. The Kier molecular flexibility index (Phi) is 5.16. The molecule has 0 radical (unpaired) electrons. The second-order valence-electron chi connectivity index (χ2n) is 6.28. The van der Waals surface area contributed by atoms with Crippen LogP contribution in [0.25, 0.3) is 22.2 Å². The zero-order valence-electron chi connectivity index (χ0n) is 15.5. The lowest BCUT2D eigenvalue weighted by molar-refractivity contribution is 0.168. The Labute approximate surface area is 171 Å². The molecule has 2 aromatic heterocycles. The van der Waals surface area contributed by atoms with Crippen LogP contribution in [0.15, 0.2) is 65.6 Å². The van der Waals surface area contributed by atoms with Crippen molar-refractivity contribution in [1.82, 2.24) is 14.7 Å². The van der Waals surface area contributed by atoms with Crippen molar-refractivity contribution in [2.24, 2.45) is 0 Å². The summed E-state index contributed by atoms with van der Waals surface area (Å²) >= 11 is 6.27. The third kappa shape index (κ3) is 3.65. The molecule has 7 nitrogen and oxygen atoms in total. The molecule has 0 amide bonds. The van der Waals surface area contributed by atoms with E-state index in [2.05, 4.69) is 15.3 Å². The van der Waals surface area contributed by atoms with Gasteiger partial charge in [-0.2, -0.15) is 4.98 Å². The molecule has 0 spiro atoms. The molecule has 0 aliphatic heterocycles. The van der Waals surface area contributed by atoms with Gasteiger partial charge < -0.3 is 15.3 Å². The smallest absolute Gasteiger partial charge is 0.293 e. The number of hydrogen-bond acceptors (Lipinski definition) is 6. The van der Waals surface area contributed by atoms with Gasteiger partial charge in [0.2, 0.25) is 5.95 Å². The molecule has 0 saturated heterocycles. The highest BCUT2D eigenvalue weighted by Gasteiger charge is 2.15. The van der Waals surface area contributed by atoms with Gasteiger partial charge in [0.25, 0.3) is 5.56 Å². The number of nitrogens with one attached hydrogen (secondary N) is 1. The predicted molar refractivity (Wildman–Crippen MR) is 112 cm³/mol. The van der Waals surface area contributed by atoms with E-state index >= 15 is 0 Å². The van der Waals surface area contributed by atoms with E-state index in [-0.39, 0.29) is 12.2 Å². The second kappa shape index (κ2) is 7.90. The molecule has 0 fully saturated rings. The van der Waals surface area contributed by atoms with Crippen molar-refractivity contribution < 1.29 is 9.94 Å². The Bertz CT molecular complexity index is 1260. The summed E-state index contributed by atoms with van der Waals surface area (Å²) in [4.78, 5) is 27.1. The van der Waals surface area contributed by atoms with Gasteiger partial charge in [0, 0.05) is 27.9 Å². The van der Waals surface area contributed by atoms with E-state index in [9.17, 15) is 9.90 Å². The molecule has 146 valence electrons. The lowest BCUT2D eigenvalue weighted by Gasteiger charge is -2.12. The van der Waals surface area contributed by atoms with Crippen LogP contribution in [0.2, 0.25) is 5.02 Å². The molecule has 0 aliphatic carbocycles. The highest BCUT2D eigenvalue weighted by molar-refractivity contribution is 6.33. The van der Waals surface area contributed by atoms with Crippen molar-refractivity contribution in [2.45, 2.75) is 6.61 Å². The number of fused-ring (bicyclic) bond motifs is 1. The number of aromatic nitrogens is 3. The van der Waals surface area contributed by atoms with E-state index in [0.29, 0.717) is 33.1 Å². The van der Waals surface area contributed by atoms with E-state index in [0.717, 1.165) is 16.0 Å². The van der Waals surface area contributed by atoms with Gasteiger partial charge in [-0.1, -0.05) is 41.9 Å². The van der Waals surface area contributed by atoms with Crippen molar-refractivity contribution in [3.05, 3.63) is 81.7 Å². The number of rotatable bonds is 5. The molecule has 4 rings (SSSR count). The first-order chi connectivity index (χ1) is 14.1. The summed E-state index contributed by atoms with van der Waals surface area (Å²) < 4.78 is 1.12. The molecule has 0 aliphatic rings. The third-order valence-electron chi connectivity index (χ3n) is 4.42. The topological polar surface area (TPSA) is 89.3 Å². The number of benzene rings is 2. The van der Waals surface area contributed by atoms with Crippen LogP contribution < -0.4 is 15.7 Å². The first-order valence-corrected chi connectivity index (χ1v) is 9.17. The van der Waals surface area contributed by atoms with Crippen LogP contribution in [0.5, 0.6) is 0 Å². The molecular weight excluding hydrogens is 392 g/mol. The van der Waals surface area contributed by atoms with Gasteiger partial charge in [-0.25, -0.2) is 4.98 Å². The Morgan fingerprint density at radius 2 is 1.97 bits per heavy atom. The van der Waals surface area contributed by atoms with Crippen molar-refractivity contribution in [1.29, 1.82) is 0 Å². The van der Waals surface area contributed by atoms with Gasteiger partial charge in [0.05, 0.1) is 12.2 Å². The maximum Gasteiger partial charge on any atom is 0.293 e. The van der Waals surface area contributed by atoms with Crippen LogP contribution in [0.4, 0.5) is 11.6 Å². The summed E-state index contributed by atoms with van der Waals surface area (Å²) in [6.45, 7) is -0.0673. The van der Waals surface area contributed by atoms with Gasteiger partial charge in [-0.05, 0) is 29.8 Å². The molecule has 0 saturated carbocycles. The molecule has 4 aromatic rings. The summed E-state index contributed by atoms with van der Waals surface area (Å²) in [6.07, 6.45) is 1.61. The fourth-order valence-corrected chi connectivity index (χ4v) is 3.29. The van der Waals surface area contributed by atoms with Crippen LogP contribution >= 0.6 is 11.6 Å². The van der Waals surface area contributed by atoms with Gasteiger partial charge in [0.15, 0.2) is 5.65 Å². The van der Waals surface area contributed by atoms with Crippen molar-refractivity contribution >= 4 is 34.3 Å². The molecule has 0 atom stereocenters. The van der Waals surface area contributed by atoms with E-state index in [1.165, 1.54) is 7.11 Å². The van der Waals surface area contributed by atoms with Crippen molar-refractivity contribution in [3.8, 4) is 11.1 Å². The van der Waals surface area contributed by atoms with Crippen LogP contribution in [-0.2, 0) is 6.61 Å². The van der Waals surface area contributed by atoms with Gasteiger partial charge in [-0.3, -0.25) is 4.79 Å². The maximum absolute atomic E-state index is 13.0. The predicted octanol–water partition coefficient (Wildman–Crippen LogP) is 3.41. The minimum atomic E-state index is -0.375. The quantitative estimate of drug-likeness (QED) is 0.526. The Hall–Kier alpha value is -3.42. The van der Waals surface area contributed by atoms with E-state index in [4.69, 9.17) is 16.4 Å². The summed E-state index contributed by atoms with van der Waals surface area (Å²) in [5.41, 5.74) is 2.42. The fourth-order valence-electron chi connectivity index (χ4n) is 3.05. The molecule has 2 N–H and O–H groups in total. The summed E-state index contributed by atoms with van der Waals surface area (Å²) in [5, 5.41) is 13.4. The highest BCUT2D eigenvalue weighted by atomic mass is 35.5. The second-order valence-corrected chi connectivity index (χ2v) is 6.68. The molecule has 0 bridgehead atoms. The molecule has 29 heavy (non-hydrogen) atoms. The minimum absolute atomic E-state index is 0.0673. The van der Waals surface area contributed by atoms with Crippen LogP contribution in [0.3, 0.4) is 0 Å². The summed E-state index contributed by atoms with van der Waals surface area (Å²) in [7, 11) is 1.40. The van der Waals surface area contributed by atoms with Crippen LogP contribution in [0.1, 0.15) is 5.56 Å². The molecule has 0 unspecified atom stereocenters.